The molecule has 234 valence electrons. The van der Waals surface area contributed by atoms with Gasteiger partial charge in [0.05, 0.1) is 34.4 Å². The third-order valence-corrected chi connectivity index (χ3v) is 7.51. The van der Waals surface area contributed by atoms with Crippen LogP contribution in [-0.2, 0) is 27.9 Å². The van der Waals surface area contributed by atoms with Crippen molar-refractivity contribution in [1.82, 2.24) is 0 Å². The van der Waals surface area contributed by atoms with Crippen LogP contribution in [0.5, 0.6) is 0 Å². The zero-order valence-electron chi connectivity index (χ0n) is 25.6. The number of unbranched alkanes of at least 4 members (excludes halogenated alkanes) is 14. The van der Waals surface area contributed by atoms with Crippen LogP contribution in [0.4, 0.5) is 0 Å². The summed E-state index contributed by atoms with van der Waals surface area (Å²) in [5, 5.41) is 8.77. The molecule has 0 rings (SSSR count). The van der Waals surface area contributed by atoms with E-state index >= 15 is 0 Å². The smallest absolute Gasteiger partial charge is 0.472 e. The fourth-order valence-corrected chi connectivity index (χ4v) is 4.77. The average molecular weight is 583 g/mol. The number of hydrogen-bond acceptors (Lipinski definition) is 6. The van der Waals surface area contributed by atoms with Crippen LogP contribution in [0.2, 0.25) is 0 Å². The molecule has 0 amide bonds. The largest absolute Gasteiger partial charge is 0.481 e. The number of aliphatic carboxylic acids is 1. The van der Waals surface area contributed by atoms with Gasteiger partial charge in [-0.25, -0.2) is 4.57 Å². The Morgan fingerprint density at radius 3 is 1.74 bits per heavy atom. The number of carbonyl (C=O) groups is 1. The lowest BCUT2D eigenvalue weighted by molar-refractivity contribution is -0.870. The second-order valence-corrected chi connectivity index (χ2v) is 13.1. The van der Waals surface area contributed by atoms with Crippen molar-refractivity contribution in [2.24, 2.45) is 0 Å². The Morgan fingerprint density at radius 1 is 0.718 bits per heavy atom. The molecule has 0 radical (unpaired) electrons. The Morgan fingerprint density at radius 2 is 1.23 bits per heavy atom. The van der Waals surface area contributed by atoms with Crippen molar-refractivity contribution < 1.29 is 42.4 Å². The lowest BCUT2D eigenvalue weighted by atomic mass is 10.0. The maximum Gasteiger partial charge on any atom is 0.472 e. The first-order valence-corrected chi connectivity index (χ1v) is 16.9. The average Bonchev–Trinajstić information content (AvgIpc) is 2.85. The van der Waals surface area contributed by atoms with E-state index in [1.165, 1.54) is 77.0 Å². The molecule has 0 aliphatic carbocycles. The van der Waals surface area contributed by atoms with Gasteiger partial charge in [-0.1, -0.05) is 90.4 Å². The SMILES string of the molecule is CCCCCCCCCCCCCCCCOC[C@@H](COP(=O)(O)OCC[N+](C)(C)C)OCCCCC(=O)O. The number of quaternary nitrogens is 1. The molecule has 0 saturated carbocycles. The van der Waals surface area contributed by atoms with Crippen molar-refractivity contribution >= 4 is 13.8 Å². The third kappa shape index (κ3) is 30.3. The molecule has 0 saturated heterocycles. The summed E-state index contributed by atoms with van der Waals surface area (Å²) in [7, 11) is 1.72. The molecule has 0 aliphatic heterocycles. The van der Waals surface area contributed by atoms with Crippen LogP contribution in [0, 0.1) is 0 Å². The molecule has 0 spiro atoms. The van der Waals surface area contributed by atoms with Gasteiger partial charge in [-0.15, -0.1) is 0 Å². The van der Waals surface area contributed by atoms with Crippen LogP contribution >= 0.6 is 7.82 Å². The zero-order chi connectivity index (χ0) is 29.2. The minimum atomic E-state index is -4.19. The number of likely N-dealkylation sites (N-methyl/N-ethyl adjacent to an activating group) is 1. The molecule has 10 heteroatoms. The first kappa shape index (κ1) is 38.5. The van der Waals surface area contributed by atoms with Crippen LogP contribution < -0.4 is 0 Å². The normalized spacial score (nSPS) is 14.4. The van der Waals surface area contributed by atoms with Crippen molar-refractivity contribution in [2.75, 3.05) is 60.7 Å². The number of ether oxygens (including phenoxy) is 2. The van der Waals surface area contributed by atoms with Crippen LogP contribution in [-0.4, -0.2) is 87.3 Å². The fraction of sp³-hybridized carbons (Fsp3) is 0.966. The third-order valence-electron chi connectivity index (χ3n) is 6.52. The molecule has 0 heterocycles. The van der Waals surface area contributed by atoms with Gasteiger partial charge in [0, 0.05) is 19.6 Å². The molecule has 0 aromatic carbocycles. The Bertz CT molecular complexity index is 615. The number of phosphoric ester groups is 1. The minimum Gasteiger partial charge on any atom is -0.481 e. The fourth-order valence-electron chi connectivity index (χ4n) is 4.03. The second kappa shape index (κ2) is 25.2. The molecule has 1 unspecified atom stereocenters. The van der Waals surface area contributed by atoms with Crippen molar-refractivity contribution in [3.05, 3.63) is 0 Å². The minimum absolute atomic E-state index is 0.0894. The molecule has 2 atom stereocenters. The summed E-state index contributed by atoms with van der Waals surface area (Å²) < 4.78 is 34.6. The van der Waals surface area contributed by atoms with E-state index in [0.29, 0.717) is 37.1 Å². The molecule has 0 bridgehead atoms. The van der Waals surface area contributed by atoms with Gasteiger partial charge in [0.15, 0.2) is 0 Å². The van der Waals surface area contributed by atoms with Gasteiger partial charge in [0.25, 0.3) is 0 Å². The van der Waals surface area contributed by atoms with Crippen LogP contribution in [0.15, 0.2) is 0 Å². The summed E-state index contributed by atoms with van der Waals surface area (Å²) in [5.41, 5.74) is 0. The first-order chi connectivity index (χ1) is 18.6. The summed E-state index contributed by atoms with van der Waals surface area (Å²) in [6.45, 7) is 3.99. The maximum atomic E-state index is 12.2. The van der Waals surface area contributed by atoms with E-state index in [1.807, 2.05) is 21.1 Å². The van der Waals surface area contributed by atoms with E-state index in [4.69, 9.17) is 23.6 Å². The van der Waals surface area contributed by atoms with Crippen molar-refractivity contribution in [2.45, 2.75) is 122 Å². The molecule has 2 N–H and O–H groups in total. The highest BCUT2D eigenvalue weighted by atomic mass is 31.2. The van der Waals surface area contributed by atoms with Gasteiger partial charge >= 0.3 is 13.8 Å². The molecule has 0 aromatic heterocycles. The van der Waals surface area contributed by atoms with Gasteiger partial charge < -0.3 is 24.0 Å². The van der Waals surface area contributed by atoms with E-state index in [-0.39, 0.29) is 26.2 Å². The number of phosphoric acid groups is 1. The quantitative estimate of drug-likeness (QED) is 0.0531. The van der Waals surface area contributed by atoms with Crippen molar-refractivity contribution in [3.63, 3.8) is 0 Å². The highest BCUT2D eigenvalue weighted by Crippen LogP contribution is 2.43. The molecular weight excluding hydrogens is 521 g/mol. The highest BCUT2D eigenvalue weighted by molar-refractivity contribution is 7.47. The predicted molar refractivity (Wildman–Crippen MR) is 157 cm³/mol. The number of hydrogen-bond donors (Lipinski definition) is 2. The first-order valence-electron chi connectivity index (χ1n) is 15.4. The van der Waals surface area contributed by atoms with Crippen LogP contribution in [0.25, 0.3) is 0 Å². The standard InChI is InChI=1S/C29H60NO8P/c1-5-6-7-8-9-10-11-12-13-14-15-16-17-19-23-35-26-28(36-24-20-18-21-29(31)32)27-38-39(33,34)37-25-22-30(2,3)4/h28H,5-27H2,1-4H3,(H-,31,32,33,34)/p+1/t28-/m0/s1. The van der Waals surface area contributed by atoms with Crippen LogP contribution in [0.3, 0.4) is 0 Å². The van der Waals surface area contributed by atoms with Gasteiger partial charge in [0.2, 0.25) is 0 Å². The van der Waals surface area contributed by atoms with E-state index in [0.717, 1.165) is 12.8 Å². The topological polar surface area (TPSA) is 112 Å². The van der Waals surface area contributed by atoms with E-state index in [2.05, 4.69) is 6.92 Å². The Balaban J connectivity index is 4.02. The molecule has 0 fully saturated rings. The van der Waals surface area contributed by atoms with Crippen molar-refractivity contribution in [3.8, 4) is 0 Å². The van der Waals surface area contributed by atoms with Gasteiger partial charge in [-0.3, -0.25) is 13.8 Å². The second-order valence-electron chi connectivity index (χ2n) is 11.6. The molecule has 9 nitrogen and oxygen atoms in total. The van der Waals surface area contributed by atoms with Gasteiger partial charge in [0.1, 0.15) is 19.3 Å². The molecule has 0 aromatic rings. The van der Waals surface area contributed by atoms with E-state index in [1.54, 1.807) is 0 Å². The van der Waals surface area contributed by atoms with Crippen LogP contribution in [0.1, 0.15) is 116 Å². The number of carboxylic acids is 1. The Labute approximate surface area is 239 Å². The molecule has 0 aliphatic rings. The molecule has 39 heavy (non-hydrogen) atoms. The predicted octanol–water partition coefficient (Wildman–Crippen LogP) is 6.96. The number of carboxylic acid groups (broad SMARTS) is 1. The summed E-state index contributed by atoms with van der Waals surface area (Å²) in [6.07, 6.45) is 18.9. The highest BCUT2D eigenvalue weighted by Gasteiger charge is 2.25. The number of rotatable bonds is 30. The summed E-state index contributed by atoms with van der Waals surface area (Å²) in [5.74, 6) is -0.835. The van der Waals surface area contributed by atoms with E-state index < -0.39 is 19.9 Å². The Hall–Kier alpha value is -0.540. The van der Waals surface area contributed by atoms with E-state index in [9.17, 15) is 14.3 Å². The summed E-state index contributed by atoms with van der Waals surface area (Å²) in [6, 6.07) is 0. The maximum absolute atomic E-state index is 12.2. The lowest BCUT2D eigenvalue weighted by Gasteiger charge is -2.24. The van der Waals surface area contributed by atoms with Gasteiger partial charge in [-0.2, -0.15) is 0 Å². The Kier molecular flexibility index (Phi) is 24.8. The molecular formula is C29H61NO8P+. The summed E-state index contributed by atoms with van der Waals surface area (Å²) >= 11 is 0. The number of nitrogens with zero attached hydrogens (tertiary/aromatic N) is 1. The monoisotopic (exact) mass is 582 g/mol. The van der Waals surface area contributed by atoms with Gasteiger partial charge in [-0.05, 0) is 19.3 Å². The van der Waals surface area contributed by atoms with Crippen molar-refractivity contribution in [1.29, 1.82) is 0 Å². The summed E-state index contributed by atoms with van der Waals surface area (Å²) in [4.78, 5) is 20.7. The lowest BCUT2D eigenvalue weighted by Crippen LogP contribution is -2.37. The zero-order valence-corrected chi connectivity index (χ0v) is 26.5.